The molecule has 1 aromatic carbocycles. The minimum Gasteiger partial charge on any atom is -0.482 e. The van der Waals surface area contributed by atoms with Gasteiger partial charge in [-0.25, -0.2) is 4.79 Å². The topological polar surface area (TPSA) is 88.4 Å². The largest absolute Gasteiger partial charge is 0.482 e. The Morgan fingerprint density at radius 1 is 1.21 bits per heavy atom. The lowest BCUT2D eigenvalue weighted by Crippen LogP contribution is -2.23. The highest BCUT2D eigenvalue weighted by atomic mass is 32.1. The number of hydrogen-bond donors (Lipinski definition) is 1. The molecule has 0 fully saturated rings. The number of carbonyl (C=O) groups is 2. The van der Waals surface area contributed by atoms with Crippen LogP contribution in [-0.4, -0.2) is 25.1 Å². The predicted molar refractivity (Wildman–Crippen MR) is 90.0 cm³/mol. The first-order valence-electron chi connectivity index (χ1n) is 7.12. The SMILES string of the molecule is Cc1ccc(OCC(=O)OCC(=O)Nc2sccc2C#N)cc1C. The van der Waals surface area contributed by atoms with Gasteiger partial charge in [-0.3, -0.25) is 4.79 Å². The smallest absolute Gasteiger partial charge is 0.344 e. The van der Waals surface area contributed by atoms with E-state index in [1.54, 1.807) is 17.5 Å². The Bertz CT molecular complexity index is 792. The summed E-state index contributed by atoms with van der Waals surface area (Å²) in [6.45, 7) is 3.22. The molecular weight excluding hydrogens is 328 g/mol. The van der Waals surface area contributed by atoms with Gasteiger partial charge < -0.3 is 14.8 Å². The van der Waals surface area contributed by atoms with E-state index >= 15 is 0 Å². The van der Waals surface area contributed by atoms with Crippen LogP contribution in [0, 0.1) is 25.2 Å². The van der Waals surface area contributed by atoms with Gasteiger partial charge in [0, 0.05) is 0 Å². The highest BCUT2D eigenvalue weighted by Crippen LogP contribution is 2.21. The quantitative estimate of drug-likeness (QED) is 0.814. The molecule has 0 aliphatic heterocycles. The number of rotatable bonds is 6. The van der Waals surface area contributed by atoms with E-state index in [1.807, 2.05) is 32.0 Å². The van der Waals surface area contributed by atoms with E-state index in [1.165, 1.54) is 11.3 Å². The Labute approximate surface area is 143 Å². The highest BCUT2D eigenvalue weighted by molar-refractivity contribution is 7.14. The Morgan fingerprint density at radius 2 is 2.00 bits per heavy atom. The van der Waals surface area contributed by atoms with Gasteiger partial charge >= 0.3 is 5.97 Å². The molecule has 1 amide bonds. The van der Waals surface area contributed by atoms with Gasteiger partial charge in [-0.15, -0.1) is 11.3 Å². The Morgan fingerprint density at radius 3 is 2.71 bits per heavy atom. The predicted octanol–water partition coefficient (Wildman–Crippen LogP) is 2.80. The average Bonchev–Trinajstić information content (AvgIpc) is 3.01. The van der Waals surface area contributed by atoms with Gasteiger partial charge in [0.05, 0.1) is 5.56 Å². The van der Waals surface area contributed by atoms with Crippen LogP contribution in [0.25, 0.3) is 0 Å². The standard InChI is InChI=1S/C17H16N2O4S/c1-11-3-4-14(7-12(11)2)22-10-16(21)23-9-15(20)19-17-13(8-18)5-6-24-17/h3-7H,9-10H2,1-2H3,(H,19,20). The monoisotopic (exact) mass is 344 g/mol. The molecule has 124 valence electrons. The number of nitrogens with zero attached hydrogens (tertiary/aromatic N) is 1. The normalized spacial score (nSPS) is 9.88. The number of aryl methyl sites for hydroxylation is 2. The van der Waals surface area contributed by atoms with Crippen molar-refractivity contribution in [3.05, 3.63) is 46.3 Å². The van der Waals surface area contributed by atoms with Crippen molar-refractivity contribution in [2.24, 2.45) is 0 Å². The molecule has 0 aliphatic rings. The molecule has 0 unspecified atom stereocenters. The zero-order valence-electron chi connectivity index (χ0n) is 13.3. The summed E-state index contributed by atoms with van der Waals surface area (Å²) in [5, 5.41) is 13.5. The molecule has 2 rings (SSSR count). The summed E-state index contributed by atoms with van der Waals surface area (Å²) in [6.07, 6.45) is 0. The lowest BCUT2D eigenvalue weighted by atomic mass is 10.1. The Balaban J connectivity index is 1.75. The van der Waals surface area contributed by atoms with Crippen LogP contribution in [0.15, 0.2) is 29.6 Å². The molecule has 1 heterocycles. The van der Waals surface area contributed by atoms with Gasteiger partial charge in [0.15, 0.2) is 13.2 Å². The molecule has 1 N–H and O–H groups in total. The van der Waals surface area contributed by atoms with Crippen LogP contribution in [0.2, 0.25) is 0 Å². The van der Waals surface area contributed by atoms with Gasteiger partial charge in [0.1, 0.15) is 16.8 Å². The van der Waals surface area contributed by atoms with E-state index in [0.717, 1.165) is 11.1 Å². The van der Waals surface area contributed by atoms with Crippen LogP contribution in [0.3, 0.4) is 0 Å². The van der Waals surface area contributed by atoms with Crippen molar-refractivity contribution < 1.29 is 19.1 Å². The van der Waals surface area contributed by atoms with E-state index in [-0.39, 0.29) is 6.61 Å². The van der Waals surface area contributed by atoms with Crippen LogP contribution in [0.4, 0.5) is 5.00 Å². The van der Waals surface area contributed by atoms with Crippen LogP contribution in [-0.2, 0) is 14.3 Å². The van der Waals surface area contributed by atoms with Gasteiger partial charge in [-0.05, 0) is 48.6 Å². The molecule has 24 heavy (non-hydrogen) atoms. The number of esters is 1. The lowest BCUT2D eigenvalue weighted by molar-refractivity contribution is -0.149. The number of anilines is 1. The number of carbonyl (C=O) groups excluding carboxylic acids is 2. The van der Waals surface area contributed by atoms with E-state index in [9.17, 15) is 9.59 Å². The maximum atomic E-state index is 11.7. The van der Waals surface area contributed by atoms with Gasteiger partial charge in [-0.2, -0.15) is 5.26 Å². The molecule has 0 saturated carbocycles. The number of amides is 1. The second-order valence-electron chi connectivity index (χ2n) is 5.02. The molecule has 6 nitrogen and oxygen atoms in total. The molecule has 0 radical (unpaired) electrons. The molecular formula is C17H16N2O4S. The first-order valence-corrected chi connectivity index (χ1v) is 8.00. The van der Waals surface area contributed by atoms with Crippen molar-refractivity contribution >= 4 is 28.2 Å². The van der Waals surface area contributed by atoms with Gasteiger partial charge in [0.25, 0.3) is 5.91 Å². The summed E-state index contributed by atoms with van der Waals surface area (Å²) in [7, 11) is 0. The third-order valence-electron chi connectivity index (χ3n) is 3.24. The summed E-state index contributed by atoms with van der Waals surface area (Å²) < 4.78 is 10.2. The number of nitrogens with one attached hydrogen (secondary N) is 1. The first-order chi connectivity index (χ1) is 11.5. The van der Waals surface area contributed by atoms with Crippen molar-refractivity contribution in [3.63, 3.8) is 0 Å². The van der Waals surface area contributed by atoms with Crippen molar-refractivity contribution in [1.82, 2.24) is 0 Å². The molecule has 2 aromatic rings. The fourth-order valence-electron chi connectivity index (χ4n) is 1.79. The zero-order chi connectivity index (χ0) is 17.5. The van der Waals surface area contributed by atoms with E-state index in [0.29, 0.717) is 16.3 Å². The Hall–Kier alpha value is -2.85. The molecule has 0 bridgehead atoms. The second-order valence-corrected chi connectivity index (χ2v) is 5.93. The first kappa shape index (κ1) is 17.5. The lowest BCUT2D eigenvalue weighted by Gasteiger charge is -2.08. The van der Waals surface area contributed by atoms with Gasteiger partial charge in [0.2, 0.25) is 0 Å². The van der Waals surface area contributed by atoms with Crippen LogP contribution in [0.1, 0.15) is 16.7 Å². The van der Waals surface area contributed by atoms with E-state index < -0.39 is 18.5 Å². The minimum atomic E-state index is -0.643. The summed E-state index contributed by atoms with van der Waals surface area (Å²) in [5.74, 6) is -0.583. The fraction of sp³-hybridized carbons (Fsp3) is 0.235. The number of thiophene rings is 1. The molecule has 1 aromatic heterocycles. The minimum absolute atomic E-state index is 0.280. The Kier molecular flexibility index (Phi) is 5.93. The zero-order valence-corrected chi connectivity index (χ0v) is 14.1. The second kappa shape index (κ2) is 8.13. The fourth-order valence-corrected chi connectivity index (χ4v) is 2.54. The van der Waals surface area contributed by atoms with Crippen molar-refractivity contribution in [3.8, 4) is 11.8 Å². The third-order valence-corrected chi connectivity index (χ3v) is 4.07. The number of ether oxygens (including phenoxy) is 2. The van der Waals surface area contributed by atoms with Crippen molar-refractivity contribution in [1.29, 1.82) is 5.26 Å². The molecule has 0 spiro atoms. The van der Waals surface area contributed by atoms with E-state index in [2.05, 4.69) is 5.32 Å². The average molecular weight is 344 g/mol. The summed E-state index contributed by atoms with van der Waals surface area (Å²) in [4.78, 5) is 23.3. The van der Waals surface area contributed by atoms with Crippen molar-refractivity contribution in [2.75, 3.05) is 18.5 Å². The number of nitriles is 1. The molecule has 0 atom stereocenters. The molecule has 0 saturated heterocycles. The van der Waals surface area contributed by atoms with Gasteiger partial charge in [-0.1, -0.05) is 6.07 Å². The number of hydrogen-bond acceptors (Lipinski definition) is 6. The van der Waals surface area contributed by atoms with Crippen LogP contribution >= 0.6 is 11.3 Å². The van der Waals surface area contributed by atoms with E-state index in [4.69, 9.17) is 14.7 Å². The summed E-state index contributed by atoms with van der Waals surface area (Å²) in [6, 6.07) is 9.06. The summed E-state index contributed by atoms with van der Waals surface area (Å²) >= 11 is 1.23. The van der Waals surface area contributed by atoms with Crippen LogP contribution in [0.5, 0.6) is 5.75 Å². The number of benzene rings is 1. The maximum Gasteiger partial charge on any atom is 0.344 e. The van der Waals surface area contributed by atoms with Crippen LogP contribution < -0.4 is 10.1 Å². The van der Waals surface area contributed by atoms with Crippen molar-refractivity contribution in [2.45, 2.75) is 13.8 Å². The molecule has 0 aliphatic carbocycles. The molecule has 7 heteroatoms. The highest BCUT2D eigenvalue weighted by Gasteiger charge is 2.11. The third kappa shape index (κ3) is 4.83. The maximum absolute atomic E-state index is 11.7. The summed E-state index contributed by atoms with van der Waals surface area (Å²) in [5.41, 5.74) is 2.56.